The number of hydrogen-bond donors (Lipinski definition) is 1. The van der Waals surface area contributed by atoms with Crippen molar-refractivity contribution in [1.82, 2.24) is 5.32 Å². The predicted octanol–water partition coefficient (Wildman–Crippen LogP) is 2.31. The Kier molecular flexibility index (Phi) is 7.72. The lowest BCUT2D eigenvalue weighted by Gasteiger charge is -2.08. The molecule has 14 heavy (non-hydrogen) atoms. The smallest absolute Gasteiger partial charge is 0.408 e. The van der Waals surface area contributed by atoms with Gasteiger partial charge in [-0.1, -0.05) is 32.1 Å². The lowest BCUT2D eigenvalue weighted by Crippen LogP contribution is -2.28. The maximum Gasteiger partial charge on any atom is 0.408 e. The monoisotopic (exact) mass is 197 g/mol. The quantitative estimate of drug-likeness (QED) is 0.524. The topological polar surface area (TPSA) is 38.3 Å². The average molecular weight is 197 g/mol. The summed E-state index contributed by atoms with van der Waals surface area (Å²) in [7, 11) is 0. The van der Waals surface area contributed by atoms with Gasteiger partial charge in [0.15, 0.2) is 6.10 Å². The zero-order valence-corrected chi connectivity index (χ0v) is 9.01. The molecule has 80 valence electrons. The van der Waals surface area contributed by atoms with Gasteiger partial charge in [0.1, 0.15) is 0 Å². The second-order valence-corrected chi connectivity index (χ2v) is 3.20. The van der Waals surface area contributed by atoms with E-state index in [-0.39, 0.29) is 0 Å². The molecule has 0 saturated carbocycles. The molecule has 3 heteroatoms. The van der Waals surface area contributed by atoms with Gasteiger partial charge in [0, 0.05) is 6.54 Å². The summed E-state index contributed by atoms with van der Waals surface area (Å²) in [6.07, 6.45) is 8.72. The van der Waals surface area contributed by atoms with Crippen molar-refractivity contribution in [3.63, 3.8) is 0 Å². The fourth-order valence-electron chi connectivity index (χ4n) is 0.978. The molecule has 1 amide bonds. The largest absolute Gasteiger partial charge is 0.433 e. The van der Waals surface area contributed by atoms with E-state index in [9.17, 15) is 4.79 Å². The maximum atomic E-state index is 11.0. The first-order valence-corrected chi connectivity index (χ1v) is 5.11. The SMILES string of the molecule is C#C[C@H](C)OC(=O)NCCCCCC. The number of rotatable bonds is 6. The number of hydrogen-bond acceptors (Lipinski definition) is 2. The van der Waals surface area contributed by atoms with Crippen molar-refractivity contribution in [1.29, 1.82) is 0 Å². The van der Waals surface area contributed by atoms with Crippen LogP contribution in [0.5, 0.6) is 0 Å². The van der Waals surface area contributed by atoms with Crippen LogP contribution < -0.4 is 5.32 Å². The Labute approximate surface area is 86.2 Å². The number of unbranched alkanes of at least 4 members (excludes halogenated alkanes) is 3. The van der Waals surface area contributed by atoms with E-state index in [0.29, 0.717) is 6.54 Å². The second-order valence-electron chi connectivity index (χ2n) is 3.20. The van der Waals surface area contributed by atoms with Gasteiger partial charge in [-0.05, 0) is 13.3 Å². The minimum Gasteiger partial charge on any atom is -0.433 e. The van der Waals surface area contributed by atoms with E-state index in [1.54, 1.807) is 6.92 Å². The molecule has 0 spiro atoms. The number of alkyl carbamates (subject to hydrolysis) is 1. The summed E-state index contributed by atoms with van der Waals surface area (Å²) >= 11 is 0. The molecule has 1 atom stereocenters. The van der Waals surface area contributed by atoms with Gasteiger partial charge >= 0.3 is 6.09 Å². The van der Waals surface area contributed by atoms with Crippen LogP contribution in [0.3, 0.4) is 0 Å². The van der Waals surface area contributed by atoms with Crippen LogP contribution in [0.25, 0.3) is 0 Å². The summed E-state index contributed by atoms with van der Waals surface area (Å²) in [5.74, 6) is 2.32. The molecule has 0 aromatic carbocycles. The Morgan fingerprint density at radius 1 is 1.50 bits per heavy atom. The van der Waals surface area contributed by atoms with Gasteiger partial charge in [0.25, 0.3) is 0 Å². The second kappa shape index (κ2) is 8.43. The minimum atomic E-state index is -0.453. The molecule has 0 aliphatic carbocycles. The highest BCUT2D eigenvalue weighted by molar-refractivity contribution is 5.67. The molecule has 0 bridgehead atoms. The Morgan fingerprint density at radius 3 is 2.79 bits per heavy atom. The average Bonchev–Trinajstić information content (AvgIpc) is 2.17. The van der Waals surface area contributed by atoms with Crippen molar-refractivity contribution >= 4 is 6.09 Å². The third kappa shape index (κ3) is 7.48. The first-order valence-electron chi connectivity index (χ1n) is 5.11. The molecule has 3 nitrogen and oxygen atoms in total. The Balaban J connectivity index is 3.32. The van der Waals surface area contributed by atoms with Crippen LogP contribution >= 0.6 is 0 Å². The van der Waals surface area contributed by atoms with Crippen LogP contribution in [0.4, 0.5) is 4.79 Å². The van der Waals surface area contributed by atoms with Gasteiger partial charge in [-0.2, -0.15) is 0 Å². The number of terminal acetylenes is 1. The highest BCUT2D eigenvalue weighted by Gasteiger charge is 2.04. The molecule has 0 rings (SSSR count). The zero-order valence-electron chi connectivity index (χ0n) is 9.01. The molecular weight excluding hydrogens is 178 g/mol. The molecule has 0 fully saturated rings. The Hall–Kier alpha value is -1.17. The van der Waals surface area contributed by atoms with Crippen molar-refractivity contribution in [3.05, 3.63) is 0 Å². The number of amides is 1. The van der Waals surface area contributed by atoms with Crippen LogP contribution in [0.2, 0.25) is 0 Å². The molecule has 0 heterocycles. The summed E-state index contributed by atoms with van der Waals surface area (Å²) in [5, 5.41) is 2.65. The van der Waals surface area contributed by atoms with Crippen molar-refractivity contribution in [2.75, 3.05) is 6.54 Å². The van der Waals surface area contributed by atoms with Crippen LogP contribution in [0.1, 0.15) is 39.5 Å². The van der Waals surface area contributed by atoms with Crippen LogP contribution in [-0.4, -0.2) is 18.7 Å². The van der Waals surface area contributed by atoms with Gasteiger partial charge in [-0.25, -0.2) is 4.79 Å². The molecule has 0 saturated heterocycles. The van der Waals surface area contributed by atoms with E-state index in [4.69, 9.17) is 11.2 Å². The van der Waals surface area contributed by atoms with Gasteiger partial charge in [-0.15, -0.1) is 6.42 Å². The van der Waals surface area contributed by atoms with Crippen LogP contribution in [-0.2, 0) is 4.74 Å². The van der Waals surface area contributed by atoms with E-state index >= 15 is 0 Å². The fourth-order valence-corrected chi connectivity index (χ4v) is 0.978. The van der Waals surface area contributed by atoms with E-state index in [1.165, 1.54) is 12.8 Å². The number of nitrogens with one attached hydrogen (secondary N) is 1. The summed E-state index contributed by atoms with van der Waals surface area (Å²) < 4.78 is 4.82. The van der Waals surface area contributed by atoms with E-state index < -0.39 is 12.2 Å². The number of carbonyl (C=O) groups is 1. The zero-order chi connectivity index (χ0) is 10.8. The molecule has 1 N–H and O–H groups in total. The van der Waals surface area contributed by atoms with Crippen LogP contribution in [0, 0.1) is 12.3 Å². The van der Waals surface area contributed by atoms with Gasteiger partial charge in [-0.3, -0.25) is 0 Å². The first-order chi connectivity index (χ1) is 6.70. The maximum absolute atomic E-state index is 11.0. The van der Waals surface area contributed by atoms with Crippen molar-refractivity contribution in [3.8, 4) is 12.3 Å². The minimum absolute atomic E-state index is 0.424. The lowest BCUT2D eigenvalue weighted by atomic mass is 10.2. The first kappa shape index (κ1) is 12.8. The standard InChI is InChI=1S/C11H19NO2/c1-4-6-7-8-9-12-11(13)14-10(3)5-2/h2,10H,4,6-9H2,1,3H3,(H,12,13)/t10-/m0/s1. The number of carbonyl (C=O) groups excluding carboxylic acids is 1. The lowest BCUT2D eigenvalue weighted by molar-refractivity contribution is 0.130. The third-order valence-corrected chi connectivity index (χ3v) is 1.82. The summed E-state index contributed by atoms with van der Waals surface area (Å²) in [4.78, 5) is 11.0. The normalized spacial score (nSPS) is 11.5. The molecule has 0 radical (unpaired) electrons. The number of ether oxygens (including phenoxy) is 1. The highest BCUT2D eigenvalue weighted by Crippen LogP contribution is 1.97. The van der Waals surface area contributed by atoms with Gasteiger partial charge in [0.05, 0.1) is 0 Å². The summed E-state index contributed by atoms with van der Waals surface area (Å²) in [6.45, 7) is 4.48. The van der Waals surface area contributed by atoms with Crippen molar-refractivity contribution < 1.29 is 9.53 Å². The third-order valence-electron chi connectivity index (χ3n) is 1.82. The van der Waals surface area contributed by atoms with Crippen molar-refractivity contribution in [2.24, 2.45) is 0 Å². The molecular formula is C11H19NO2. The van der Waals surface area contributed by atoms with E-state index in [2.05, 4.69) is 18.2 Å². The highest BCUT2D eigenvalue weighted by atomic mass is 16.6. The fraction of sp³-hybridized carbons (Fsp3) is 0.727. The van der Waals surface area contributed by atoms with Crippen LogP contribution in [0.15, 0.2) is 0 Å². The summed E-state index contributed by atoms with van der Waals surface area (Å²) in [5.41, 5.74) is 0. The molecule has 0 aromatic heterocycles. The Morgan fingerprint density at radius 2 is 2.21 bits per heavy atom. The van der Waals surface area contributed by atoms with Gasteiger partial charge < -0.3 is 10.1 Å². The van der Waals surface area contributed by atoms with Gasteiger partial charge in [0.2, 0.25) is 0 Å². The predicted molar refractivity (Wildman–Crippen MR) is 56.9 cm³/mol. The van der Waals surface area contributed by atoms with Crippen molar-refractivity contribution in [2.45, 2.75) is 45.6 Å². The Bertz CT molecular complexity index is 196. The molecule has 0 unspecified atom stereocenters. The molecule has 0 aromatic rings. The van der Waals surface area contributed by atoms with E-state index in [1.807, 2.05) is 0 Å². The van der Waals surface area contributed by atoms with E-state index in [0.717, 1.165) is 12.8 Å². The molecule has 0 aliphatic rings. The molecule has 0 aliphatic heterocycles. The summed E-state index contributed by atoms with van der Waals surface area (Å²) in [6, 6.07) is 0.